The maximum atomic E-state index is 12.6. The number of H-pyrrole nitrogens is 1. The van der Waals surface area contributed by atoms with E-state index in [-0.39, 0.29) is 17.5 Å². The fourth-order valence-corrected chi connectivity index (χ4v) is 4.07. The van der Waals surface area contributed by atoms with Crippen molar-refractivity contribution >= 4 is 22.8 Å². The van der Waals surface area contributed by atoms with Crippen LogP contribution >= 0.6 is 0 Å². The van der Waals surface area contributed by atoms with Crippen LogP contribution < -0.4 is 5.56 Å². The molecule has 0 spiro atoms. The van der Waals surface area contributed by atoms with Crippen LogP contribution in [0.2, 0.25) is 0 Å². The Hall–Kier alpha value is -2.90. The van der Waals surface area contributed by atoms with Gasteiger partial charge in [-0.25, -0.2) is 9.78 Å². The van der Waals surface area contributed by atoms with Crippen LogP contribution in [0.25, 0.3) is 10.9 Å². The summed E-state index contributed by atoms with van der Waals surface area (Å²) in [5.41, 5.74) is 0.464. The SMILES string of the molecule is O=C(CCc1nc2ccccc2c(=O)[nH]1)N1CCN(C(=O)N2CCCCC2)CC1. The molecule has 0 radical (unpaired) electrons. The molecule has 2 aliphatic rings. The number of aryl methyl sites for hydroxylation is 1. The minimum absolute atomic E-state index is 0.0332. The number of likely N-dealkylation sites (tertiary alicyclic amines) is 1. The number of hydrogen-bond acceptors (Lipinski definition) is 4. The highest BCUT2D eigenvalue weighted by molar-refractivity contribution is 5.79. The minimum Gasteiger partial charge on any atom is -0.339 e. The first kappa shape index (κ1) is 19.4. The van der Waals surface area contributed by atoms with E-state index in [1.54, 1.807) is 23.1 Å². The standard InChI is InChI=1S/C21H27N5O3/c27-19(9-8-18-22-17-7-3-2-6-16(17)20(28)23-18)24-12-14-26(15-13-24)21(29)25-10-4-1-5-11-25/h2-3,6-7H,1,4-5,8-15H2,(H,22,23,28). The van der Waals surface area contributed by atoms with Gasteiger partial charge in [0.15, 0.2) is 0 Å². The van der Waals surface area contributed by atoms with Crippen molar-refractivity contribution in [2.75, 3.05) is 39.3 Å². The molecule has 2 aliphatic heterocycles. The summed E-state index contributed by atoms with van der Waals surface area (Å²) in [6, 6.07) is 7.29. The van der Waals surface area contributed by atoms with Crippen molar-refractivity contribution < 1.29 is 9.59 Å². The Morgan fingerprint density at radius 2 is 1.55 bits per heavy atom. The molecule has 8 nitrogen and oxygen atoms in total. The van der Waals surface area contributed by atoms with Crippen molar-refractivity contribution in [2.45, 2.75) is 32.1 Å². The summed E-state index contributed by atoms with van der Waals surface area (Å²) in [5.74, 6) is 0.562. The molecular formula is C21H27N5O3. The summed E-state index contributed by atoms with van der Waals surface area (Å²) in [7, 11) is 0. The van der Waals surface area contributed by atoms with Crippen molar-refractivity contribution in [1.82, 2.24) is 24.7 Å². The summed E-state index contributed by atoms with van der Waals surface area (Å²) < 4.78 is 0. The number of carbonyl (C=O) groups excluding carboxylic acids is 2. The second kappa shape index (κ2) is 8.63. The predicted molar refractivity (Wildman–Crippen MR) is 110 cm³/mol. The van der Waals surface area contributed by atoms with E-state index in [0.29, 0.717) is 55.7 Å². The number of rotatable bonds is 3. The average molecular weight is 397 g/mol. The van der Waals surface area contributed by atoms with Crippen molar-refractivity contribution in [2.24, 2.45) is 0 Å². The van der Waals surface area contributed by atoms with Crippen LogP contribution in [-0.2, 0) is 11.2 Å². The van der Waals surface area contributed by atoms with Gasteiger partial charge in [0, 0.05) is 52.1 Å². The van der Waals surface area contributed by atoms with Crippen molar-refractivity contribution in [3.05, 3.63) is 40.4 Å². The second-order valence-corrected chi connectivity index (χ2v) is 7.73. The van der Waals surface area contributed by atoms with Gasteiger partial charge in [0.25, 0.3) is 5.56 Å². The van der Waals surface area contributed by atoms with Crippen molar-refractivity contribution in [1.29, 1.82) is 0 Å². The van der Waals surface area contributed by atoms with E-state index in [0.717, 1.165) is 25.9 Å². The number of aromatic nitrogens is 2. The van der Waals surface area contributed by atoms with E-state index in [2.05, 4.69) is 9.97 Å². The van der Waals surface area contributed by atoms with E-state index < -0.39 is 0 Å². The van der Waals surface area contributed by atoms with Crippen LogP contribution in [0.4, 0.5) is 4.79 Å². The summed E-state index contributed by atoms with van der Waals surface area (Å²) in [4.78, 5) is 50.1. The number of nitrogens with zero attached hydrogens (tertiary/aromatic N) is 4. The largest absolute Gasteiger partial charge is 0.339 e. The fourth-order valence-electron chi connectivity index (χ4n) is 4.07. The number of benzene rings is 1. The van der Waals surface area contributed by atoms with Gasteiger partial charge in [-0.05, 0) is 31.4 Å². The predicted octanol–water partition coefficient (Wildman–Crippen LogP) is 1.61. The molecule has 0 saturated carbocycles. The lowest BCUT2D eigenvalue weighted by Gasteiger charge is -2.38. The molecule has 0 aliphatic carbocycles. The molecular weight excluding hydrogens is 370 g/mol. The molecule has 2 fully saturated rings. The molecule has 1 aromatic carbocycles. The third-order valence-electron chi connectivity index (χ3n) is 5.77. The molecule has 1 N–H and O–H groups in total. The molecule has 8 heteroatoms. The zero-order valence-electron chi connectivity index (χ0n) is 16.6. The lowest BCUT2D eigenvalue weighted by Crippen LogP contribution is -2.54. The molecule has 0 unspecified atom stereocenters. The van der Waals surface area contributed by atoms with Gasteiger partial charge >= 0.3 is 6.03 Å². The highest BCUT2D eigenvalue weighted by Gasteiger charge is 2.27. The maximum absolute atomic E-state index is 12.6. The normalized spacial score (nSPS) is 17.6. The van der Waals surface area contributed by atoms with Gasteiger partial charge in [-0.15, -0.1) is 0 Å². The van der Waals surface area contributed by atoms with Crippen LogP contribution in [0, 0.1) is 0 Å². The first-order chi connectivity index (χ1) is 14.1. The van der Waals surface area contributed by atoms with Crippen molar-refractivity contribution in [3.8, 4) is 0 Å². The van der Waals surface area contributed by atoms with Gasteiger partial charge in [0.1, 0.15) is 5.82 Å². The van der Waals surface area contributed by atoms with Crippen LogP contribution in [0.15, 0.2) is 29.1 Å². The zero-order chi connectivity index (χ0) is 20.2. The maximum Gasteiger partial charge on any atom is 0.320 e. The highest BCUT2D eigenvalue weighted by atomic mass is 16.2. The molecule has 154 valence electrons. The third-order valence-corrected chi connectivity index (χ3v) is 5.77. The van der Waals surface area contributed by atoms with Gasteiger partial charge in [-0.3, -0.25) is 9.59 Å². The molecule has 3 heterocycles. The fraction of sp³-hybridized carbons (Fsp3) is 0.524. The zero-order valence-corrected chi connectivity index (χ0v) is 16.6. The van der Waals surface area contributed by atoms with Crippen LogP contribution in [0.5, 0.6) is 0 Å². The summed E-state index contributed by atoms with van der Waals surface area (Å²) in [6.07, 6.45) is 4.04. The molecule has 4 rings (SSSR count). The number of nitrogens with one attached hydrogen (secondary N) is 1. The minimum atomic E-state index is -0.178. The van der Waals surface area contributed by atoms with Gasteiger partial charge in [-0.1, -0.05) is 12.1 Å². The number of piperazine rings is 1. The lowest BCUT2D eigenvalue weighted by molar-refractivity contribution is -0.132. The van der Waals surface area contributed by atoms with E-state index in [1.165, 1.54) is 6.42 Å². The number of carbonyl (C=O) groups is 2. The lowest BCUT2D eigenvalue weighted by atomic mass is 10.1. The quantitative estimate of drug-likeness (QED) is 0.852. The summed E-state index contributed by atoms with van der Waals surface area (Å²) in [6.45, 7) is 3.95. The molecule has 29 heavy (non-hydrogen) atoms. The monoisotopic (exact) mass is 397 g/mol. The molecule has 2 saturated heterocycles. The van der Waals surface area contributed by atoms with E-state index in [9.17, 15) is 14.4 Å². The first-order valence-corrected chi connectivity index (χ1v) is 10.4. The topological polar surface area (TPSA) is 89.6 Å². The number of amides is 3. The van der Waals surface area contributed by atoms with E-state index in [1.807, 2.05) is 15.9 Å². The number of aromatic amines is 1. The first-order valence-electron chi connectivity index (χ1n) is 10.4. The third kappa shape index (κ3) is 4.41. The summed E-state index contributed by atoms with van der Waals surface area (Å²) >= 11 is 0. The number of para-hydroxylation sites is 1. The molecule has 0 bridgehead atoms. The Bertz CT molecular complexity index is 943. The Kier molecular flexibility index (Phi) is 5.78. The van der Waals surface area contributed by atoms with Crippen molar-refractivity contribution in [3.63, 3.8) is 0 Å². The van der Waals surface area contributed by atoms with Gasteiger partial charge in [0.05, 0.1) is 10.9 Å². The van der Waals surface area contributed by atoms with Gasteiger partial charge < -0.3 is 19.7 Å². The van der Waals surface area contributed by atoms with Crippen LogP contribution in [-0.4, -0.2) is 75.9 Å². The number of piperidine rings is 1. The average Bonchev–Trinajstić information content (AvgIpc) is 2.78. The number of fused-ring (bicyclic) bond motifs is 1. The van der Waals surface area contributed by atoms with Gasteiger partial charge in [0.2, 0.25) is 5.91 Å². The van der Waals surface area contributed by atoms with Crippen LogP contribution in [0.1, 0.15) is 31.5 Å². The van der Waals surface area contributed by atoms with Crippen LogP contribution in [0.3, 0.4) is 0 Å². The Morgan fingerprint density at radius 3 is 2.31 bits per heavy atom. The molecule has 0 atom stereocenters. The Balaban J connectivity index is 1.29. The van der Waals surface area contributed by atoms with E-state index >= 15 is 0 Å². The smallest absolute Gasteiger partial charge is 0.320 e. The summed E-state index contributed by atoms with van der Waals surface area (Å²) in [5, 5.41) is 0.553. The number of urea groups is 1. The highest BCUT2D eigenvalue weighted by Crippen LogP contribution is 2.14. The Labute approximate surface area is 169 Å². The second-order valence-electron chi connectivity index (χ2n) is 7.73. The molecule has 3 amide bonds. The van der Waals surface area contributed by atoms with E-state index in [4.69, 9.17) is 0 Å². The number of hydrogen-bond donors (Lipinski definition) is 1. The molecule has 2 aromatic rings. The Morgan fingerprint density at radius 1 is 0.897 bits per heavy atom. The molecule has 1 aromatic heterocycles. The van der Waals surface area contributed by atoms with Gasteiger partial charge in [-0.2, -0.15) is 0 Å².